The molecule has 2 aliphatic rings. The molecule has 2 aliphatic heterocycles. The number of carbonyl (C=O) groups is 2. The molecule has 0 aliphatic carbocycles. The lowest BCUT2D eigenvalue weighted by molar-refractivity contribution is -0.117. The van der Waals surface area contributed by atoms with Gasteiger partial charge in [-0.15, -0.1) is 0 Å². The molecule has 2 fully saturated rings. The number of carbonyl (C=O) groups excluding carboxylic acids is 2. The van der Waals surface area contributed by atoms with E-state index in [0.29, 0.717) is 24.3 Å². The maximum absolute atomic E-state index is 13.3. The predicted molar refractivity (Wildman–Crippen MR) is 137 cm³/mol. The van der Waals surface area contributed by atoms with Gasteiger partial charge in [-0.3, -0.25) is 9.59 Å². The summed E-state index contributed by atoms with van der Waals surface area (Å²) in [5.41, 5.74) is 1.73. The van der Waals surface area contributed by atoms with E-state index < -0.39 is 22.0 Å². The van der Waals surface area contributed by atoms with Crippen LogP contribution in [0.5, 0.6) is 0 Å². The van der Waals surface area contributed by atoms with Crippen LogP contribution in [0.25, 0.3) is 0 Å². The van der Waals surface area contributed by atoms with Crippen molar-refractivity contribution >= 4 is 33.2 Å². The Bertz CT molecular complexity index is 1140. The number of hydrogen-bond acceptors (Lipinski definition) is 5. The zero-order valence-electron chi connectivity index (χ0n) is 20.2. The maximum atomic E-state index is 13.3. The van der Waals surface area contributed by atoms with E-state index in [-0.39, 0.29) is 10.8 Å². The highest BCUT2D eigenvalue weighted by molar-refractivity contribution is 7.89. The van der Waals surface area contributed by atoms with E-state index in [1.165, 1.54) is 4.31 Å². The van der Waals surface area contributed by atoms with E-state index in [1.54, 1.807) is 49.4 Å². The first-order chi connectivity index (χ1) is 16.9. The lowest BCUT2D eigenvalue weighted by Gasteiger charge is -2.31. The zero-order chi connectivity index (χ0) is 24.8. The lowest BCUT2D eigenvalue weighted by Crippen LogP contribution is -2.42. The summed E-state index contributed by atoms with van der Waals surface area (Å²) in [6.45, 7) is 4.34. The lowest BCUT2D eigenvalue weighted by atomic mass is 10.1. The highest BCUT2D eigenvalue weighted by Crippen LogP contribution is 2.32. The second kappa shape index (κ2) is 11.2. The molecule has 4 rings (SSSR count). The molecular formula is C26H34N4O4S. The number of sulfonamides is 1. The van der Waals surface area contributed by atoms with Gasteiger partial charge in [0.2, 0.25) is 15.9 Å². The van der Waals surface area contributed by atoms with Crippen LogP contribution in [0.2, 0.25) is 0 Å². The van der Waals surface area contributed by atoms with Crippen molar-refractivity contribution in [2.45, 2.75) is 56.4 Å². The number of benzene rings is 2. The van der Waals surface area contributed by atoms with Gasteiger partial charge in [-0.25, -0.2) is 8.42 Å². The summed E-state index contributed by atoms with van der Waals surface area (Å²) >= 11 is 0. The molecule has 8 nitrogen and oxygen atoms in total. The molecular weight excluding hydrogens is 464 g/mol. The summed E-state index contributed by atoms with van der Waals surface area (Å²) in [6, 6.07) is 12.9. The number of amides is 2. The van der Waals surface area contributed by atoms with Gasteiger partial charge in [0.25, 0.3) is 5.91 Å². The molecule has 188 valence electrons. The minimum absolute atomic E-state index is 0.177. The SMILES string of the molecule is C[C@@H](NC(=O)c1ccccc1)C(=O)Nc1cc(S(=O)(=O)N2CCCCC2)ccc1N1CCCCC1. The van der Waals surface area contributed by atoms with Gasteiger partial charge in [0.1, 0.15) is 6.04 Å². The van der Waals surface area contributed by atoms with Crippen molar-refractivity contribution in [3.63, 3.8) is 0 Å². The van der Waals surface area contributed by atoms with Gasteiger partial charge >= 0.3 is 0 Å². The Morgan fingerprint density at radius 2 is 1.49 bits per heavy atom. The number of piperidine rings is 2. The molecule has 2 saturated heterocycles. The monoisotopic (exact) mass is 498 g/mol. The molecule has 2 amide bonds. The van der Waals surface area contributed by atoms with Crippen molar-refractivity contribution in [1.82, 2.24) is 9.62 Å². The van der Waals surface area contributed by atoms with Crippen molar-refractivity contribution < 1.29 is 18.0 Å². The first-order valence-corrected chi connectivity index (χ1v) is 13.9. The van der Waals surface area contributed by atoms with Crippen LogP contribution in [0.3, 0.4) is 0 Å². The minimum Gasteiger partial charge on any atom is -0.370 e. The summed E-state index contributed by atoms with van der Waals surface area (Å²) in [5.74, 6) is -0.744. The van der Waals surface area contributed by atoms with Gasteiger partial charge in [-0.05, 0) is 69.4 Å². The third-order valence-corrected chi connectivity index (χ3v) is 8.55. The van der Waals surface area contributed by atoms with Crippen molar-refractivity contribution in [2.24, 2.45) is 0 Å². The summed E-state index contributed by atoms with van der Waals surface area (Å²) in [5, 5.41) is 5.62. The largest absolute Gasteiger partial charge is 0.370 e. The fourth-order valence-corrected chi connectivity index (χ4v) is 6.16. The highest BCUT2D eigenvalue weighted by atomic mass is 32.2. The van der Waals surface area contributed by atoms with Gasteiger partial charge in [0.05, 0.1) is 16.3 Å². The summed E-state index contributed by atoms with van der Waals surface area (Å²) in [4.78, 5) is 27.9. The topological polar surface area (TPSA) is 98.8 Å². The minimum atomic E-state index is -3.65. The van der Waals surface area contributed by atoms with Crippen LogP contribution in [0.15, 0.2) is 53.4 Å². The fourth-order valence-electron chi connectivity index (χ4n) is 4.62. The number of rotatable bonds is 7. The summed E-state index contributed by atoms with van der Waals surface area (Å²) < 4.78 is 28.1. The van der Waals surface area contributed by atoms with Gasteiger partial charge in [0, 0.05) is 31.7 Å². The number of anilines is 2. The van der Waals surface area contributed by atoms with E-state index in [0.717, 1.165) is 57.3 Å². The van der Waals surface area contributed by atoms with E-state index in [2.05, 4.69) is 15.5 Å². The Morgan fingerprint density at radius 3 is 2.14 bits per heavy atom. The number of nitrogens with one attached hydrogen (secondary N) is 2. The van der Waals surface area contributed by atoms with E-state index in [4.69, 9.17) is 0 Å². The Kier molecular flexibility index (Phi) is 8.07. The third kappa shape index (κ3) is 6.02. The van der Waals surface area contributed by atoms with Crippen LogP contribution in [0.1, 0.15) is 55.8 Å². The number of hydrogen-bond donors (Lipinski definition) is 2. The van der Waals surface area contributed by atoms with Crippen LogP contribution in [-0.4, -0.2) is 56.8 Å². The molecule has 0 aromatic heterocycles. The molecule has 0 unspecified atom stereocenters. The van der Waals surface area contributed by atoms with Crippen molar-refractivity contribution in [2.75, 3.05) is 36.4 Å². The Balaban J connectivity index is 1.57. The maximum Gasteiger partial charge on any atom is 0.251 e. The number of nitrogens with zero attached hydrogens (tertiary/aromatic N) is 2. The molecule has 1 atom stereocenters. The molecule has 2 aromatic rings. The second-order valence-electron chi connectivity index (χ2n) is 9.24. The molecule has 35 heavy (non-hydrogen) atoms. The van der Waals surface area contributed by atoms with Crippen LogP contribution in [-0.2, 0) is 14.8 Å². The van der Waals surface area contributed by atoms with Crippen LogP contribution >= 0.6 is 0 Å². The van der Waals surface area contributed by atoms with Gasteiger partial charge in [0.15, 0.2) is 0 Å². The Labute approximate surface area is 207 Å². The first kappa shape index (κ1) is 25.2. The summed E-state index contributed by atoms with van der Waals surface area (Å²) in [7, 11) is -3.65. The highest BCUT2D eigenvalue weighted by Gasteiger charge is 2.28. The van der Waals surface area contributed by atoms with Crippen molar-refractivity contribution in [3.8, 4) is 0 Å². The molecule has 0 spiro atoms. The molecule has 2 N–H and O–H groups in total. The van der Waals surface area contributed by atoms with Gasteiger partial charge < -0.3 is 15.5 Å². The molecule has 2 heterocycles. The predicted octanol–water partition coefficient (Wildman–Crippen LogP) is 3.61. The quantitative estimate of drug-likeness (QED) is 0.608. The normalized spacial score (nSPS) is 18.0. The first-order valence-electron chi connectivity index (χ1n) is 12.4. The Hall–Kier alpha value is -2.91. The smallest absolute Gasteiger partial charge is 0.251 e. The third-order valence-electron chi connectivity index (χ3n) is 6.65. The average molecular weight is 499 g/mol. The van der Waals surface area contributed by atoms with Crippen LogP contribution in [0, 0.1) is 0 Å². The van der Waals surface area contributed by atoms with Gasteiger partial charge in [-0.1, -0.05) is 24.6 Å². The zero-order valence-corrected chi connectivity index (χ0v) is 21.0. The Morgan fingerprint density at radius 1 is 0.857 bits per heavy atom. The van der Waals surface area contributed by atoms with E-state index >= 15 is 0 Å². The van der Waals surface area contributed by atoms with Crippen molar-refractivity contribution in [3.05, 3.63) is 54.1 Å². The average Bonchev–Trinajstić information content (AvgIpc) is 2.90. The standard InChI is InChI=1S/C26H34N4O4S/c1-20(27-26(32)21-11-5-2-6-12-21)25(31)28-23-19-22(35(33,34)30-17-9-4-10-18-30)13-14-24(23)29-15-7-3-8-16-29/h2,5-6,11-14,19-20H,3-4,7-10,15-18H2,1H3,(H,27,32)(H,28,31)/t20-/m1/s1. The van der Waals surface area contributed by atoms with Crippen LogP contribution < -0.4 is 15.5 Å². The summed E-state index contributed by atoms with van der Waals surface area (Å²) in [6.07, 6.45) is 5.99. The second-order valence-corrected chi connectivity index (χ2v) is 11.2. The molecule has 0 radical (unpaired) electrons. The molecule has 0 saturated carbocycles. The molecule has 0 bridgehead atoms. The van der Waals surface area contributed by atoms with E-state index in [1.807, 2.05) is 6.07 Å². The molecule has 2 aromatic carbocycles. The van der Waals surface area contributed by atoms with E-state index in [9.17, 15) is 18.0 Å². The fraction of sp³-hybridized carbons (Fsp3) is 0.462. The molecule has 9 heteroatoms. The van der Waals surface area contributed by atoms with Gasteiger partial charge in [-0.2, -0.15) is 4.31 Å². The van der Waals surface area contributed by atoms with Crippen molar-refractivity contribution in [1.29, 1.82) is 0 Å². The van der Waals surface area contributed by atoms with Crippen LogP contribution in [0.4, 0.5) is 11.4 Å².